The van der Waals surface area contributed by atoms with Gasteiger partial charge in [0.1, 0.15) is 29.7 Å². The van der Waals surface area contributed by atoms with Crippen LogP contribution in [-0.4, -0.2) is 49.1 Å². The van der Waals surface area contributed by atoms with Crippen LogP contribution in [-0.2, 0) is 20.9 Å². The molecule has 1 aliphatic rings. The van der Waals surface area contributed by atoms with Crippen LogP contribution in [0.4, 0.5) is 4.39 Å². The Hall–Kier alpha value is -3.59. The minimum absolute atomic E-state index is 0.0726. The van der Waals surface area contributed by atoms with Crippen molar-refractivity contribution in [3.05, 3.63) is 98.8 Å². The molecule has 0 spiro atoms. The number of rotatable bonds is 9. The van der Waals surface area contributed by atoms with E-state index < -0.39 is 23.5 Å². The fourth-order valence-electron chi connectivity index (χ4n) is 4.26. The van der Waals surface area contributed by atoms with E-state index in [0.717, 1.165) is 5.56 Å². The average molecular weight is 560 g/mol. The predicted molar refractivity (Wildman–Crippen MR) is 141 cm³/mol. The summed E-state index contributed by atoms with van der Waals surface area (Å²) < 4.78 is 29.6. The number of carbonyl (C=O) groups excluding carboxylic acids is 2. The van der Waals surface area contributed by atoms with Crippen LogP contribution in [0.2, 0.25) is 10.0 Å². The Morgan fingerprint density at radius 2 is 1.79 bits per heavy atom. The number of benzene rings is 3. The first-order chi connectivity index (χ1) is 18.2. The number of nitrogens with zero attached hydrogens (tertiary/aromatic N) is 1. The molecule has 198 valence electrons. The van der Waals surface area contributed by atoms with E-state index in [4.69, 9.17) is 37.4 Å². The number of ether oxygens (including phenoxy) is 3. The maximum Gasteiger partial charge on any atom is 0.295 e. The zero-order valence-corrected chi connectivity index (χ0v) is 22.1. The number of likely N-dealkylation sites (tertiary alicyclic amines) is 1. The highest BCUT2D eigenvalue weighted by molar-refractivity contribution is 6.46. The second kappa shape index (κ2) is 11.9. The molecule has 1 heterocycles. The highest BCUT2D eigenvalue weighted by Gasteiger charge is 2.46. The van der Waals surface area contributed by atoms with Crippen molar-refractivity contribution in [3.8, 4) is 11.5 Å². The smallest absolute Gasteiger partial charge is 0.295 e. The first-order valence-electron chi connectivity index (χ1n) is 11.5. The summed E-state index contributed by atoms with van der Waals surface area (Å²) in [5, 5.41) is 11.7. The highest BCUT2D eigenvalue weighted by Crippen LogP contribution is 2.43. The molecular formula is C28H24Cl2FNO6. The van der Waals surface area contributed by atoms with E-state index in [1.165, 1.54) is 43.4 Å². The van der Waals surface area contributed by atoms with Crippen molar-refractivity contribution >= 4 is 40.7 Å². The summed E-state index contributed by atoms with van der Waals surface area (Å²) in [4.78, 5) is 27.7. The minimum atomic E-state index is -0.956. The summed E-state index contributed by atoms with van der Waals surface area (Å²) in [5.74, 6) is -1.94. The molecule has 3 aromatic rings. The van der Waals surface area contributed by atoms with E-state index in [-0.39, 0.29) is 52.5 Å². The number of aliphatic hydroxyl groups is 1. The number of hydrogen-bond donors (Lipinski definition) is 1. The molecular weight excluding hydrogens is 536 g/mol. The van der Waals surface area contributed by atoms with Crippen molar-refractivity contribution in [1.29, 1.82) is 0 Å². The Morgan fingerprint density at radius 1 is 1.05 bits per heavy atom. The Bertz CT molecular complexity index is 1390. The fraction of sp³-hybridized carbons (Fsp3) is 0.214. The van der Waals surface area contributed by atoms with Gasteiger partial charge in [0.05, 0.1) is 35.9 Å². The van der Waals surface area contributed by atoms with Crippen molar-refractivity contribution in [2.75, 3.05) is 27.4 Å². The van der Waals surface area contributed by atoms with Gasteiger partial charge in [-0.1, -0.05) is 47.5 Å². The Morgan fingerprint density at radius 3 is 2.47 bits per heavy atom. The molecule has 1 amide bonds. The van der Waals surface area contributed by atoms with E-state index >= 15 is 0 Å². The summed E-state index contributed by atoms with van der Waals surface area (Å²) in [6.07, 6.45) is 0. The van der Waals surface area contributed by atoms with Gasteiger partial charge >= 0.3 is 0 Å². The van der Waals surface area contributed by atoms with Gasteiger partial charge in [-0.25, -0.2) is 4.39 Å². The van der Waals surface area contributed by atoms with E-state index in [9.17, 15) is 19.1 Å². The summed E-state index contributed by atoms with van der Waals surface area (Å²) in [6.45, 7) is 0.430. The van der Waals surface area contributed by atoms with Crippen molar-refractivity contribution in [2.24, 2.45) is 0 Å². The Balaban J connectivity index is 1.79. The number of hydrogen-bond acceptors (Lipinski definition) is 6. The van der Waals surface area contributed by atoms with Gasteiger partial charge in [0.15, 0.2) is 0 Å². The van der Waals surface area contributed by atoms with Gasteiger partial charge in [0.25, 0.3) is 11.7 Å². The van der Waals surface area contributed by atoms with E-state index in [1.54, 1.807) is 36.4 Å². The van der Waals surface area contributed by atoms with Gasteiger partial charge in [-0.15, -0.1) is 0 Å². The summed E-state index contributed by atoms with van der Waals surface area (Å²) in [7, 11) is 2.84. The van der Waals surface area contributed by atoms with Crippen LogP contribution in [0.5, 0.6) is 11.5 Å². The lowest BCUT2D eigenvalue weighted by Gasteiger charge is -2.25. The number of methoxy groups -OCH3 is 2. The average Bonchev–Trinajstić information content (AvgIpc) is 3.16. The molecule has 0 bridgehead atoms. The van der Waals surface area contributed by atoms with Crippen molar-refractivity contribution in [3.63, 3.8) is 0 Å². The third-order valence-electron chi connectivity index (χ3n) is 6.04. The quantitative estimate of drug-likeness (QED) is 0.203. The largest absolute Gasteiger partial charge is 0.507 e. The molecule has 0 radical (unpaired) electrons. The lowest BCUT2D eigenvalue weighted by atomic mass is 9.95. The maximum atomic E-state index is 13.3. The second-order valence-electron chi connectivity index (χ2n) is 8.44. The molecule has 1 aliphatic heterocycles. The first kappa shape index (κ1) is 27.4. The van der Waals surface area contributed by atoms with Crippen LogP contribution in [0.15, 0.2) is 66.2 Å². The molecule has 4 rings (SSSR count). The maximum absolute atomic E-state index is 13.3. The third-order valence-corrected chi connectivity index (χ3v) is 6.54. The van der Waals surface area contributed by atoms with Gasteiger partial charge in [-0.2, -0.15) is 0 Å². The molecule has 0 saturated carbocycles. The van der Waals surface area contributed by atoms with Crippen LogP contribution >= 0.6 is 23.2 Å². The molecule has 7 nitrogen and oxygen atoms in total. The van der Waals surface area contributed by atoms with Gasteiger partial charge in [0.2, 0.25) is 0 Å². The van der Waals surface area contributed by atoms with Crippen LogP contribution in [0, 0.1) is 5.82 Å². The van der Waals surface area contributed by atoms with Gasteiger partial charge in [-0.05, 0) is 47.5 Å². The van der Waals surface area contributed by atoms with Gasteiger partial charge in [-0.3, -0.25) is 9.59 Å². The fourth-order valence-corrected chi connectivity index (χ4v) is 4.83. The number of amides is 1. The lowest BCUT2D eigenvalue weighted by Crippen LogP contribution is -2.32. The lowest BCUT2D eigenvalue weighted by molar-refractivity contribution is -0.140. The van der Waals surface area contributed by atoms with Gasteiger partial charge in [0, 0.05) is 18.7 Å². The normalized spacial score (nSPS) is 16.7. The van der Waals surface area contributed by atoms with E-state index in [0.29, 0.717) is 11.3 Å². The number of Topliss-reactive ketones (excluding diaryl/α,β-unsaturated/α-hetero) is 1. The molecule has 1 N–H and O–H groups in total. The molecule has 1 unspecified atom stereocenters. The molecule has 38 heavy (non-hydrogen) atoms. The van der Waals surface area contributed by atoms with E-state index in [2.05, 4.69) is 0 Å². The summed E-state index contributed by atoms with van der Waals surface area (Å²) in [5.41, 5.74) is 1.19. The van der Waals surface area contributed by atoms with E-state index in [1.807, 2.05) is 0 Å². The topological polar surface area (TPSA) is 85.3 Å². The zero-order valence-electron chi connectivity index (χ0n) is 20.5. The molecule has 1 saturated heterocycles. The number of aliphatic hydroxyl groups excluding tert-OH is 1. The zero-order chi connectivity index (χ0) is 27.4. The molecule has 1 atom stereocenters. The minimum Gasteiger partial charge on any atom is -0.507 e. The SMILES string of the molecule is COCCN1C(=O)C(=O)/C(=C(/O)c2cc(Cl)cc(Cl)c2OC)C1c1cccc(OCc2ccc(F)cc2)c1. The Kier molecular flexibility index (Phi) is 8.56. The van der Waals surface area contributed by atoms with Crippen LogP contribution in [0.1, 0.15) is 22.7 Å². The standard InChI is InChI=1S/C28H24Cl2FNO6/c1-36-11-10-32-24(17-4-3-5-20(12-17)38-15-16-6-8-19(31)9-7-16)23(26(34)28(32)35)25(33)21-13-18(29)14-22(30)27(21)37-2/h3-9,12-14,24,33H,10-11,15H2,1-2H3/b25-23+. The summed E-state index contributed by atoms with van der Waals surface area (Å²) >= 11 is 12.4. The van der Waals surface area contributed by atoms with Crippen molar-refractivity contribution in [2.45, 2.75) is 12.6 Å². The highest BCUT2D eigenvalue weighted by atomic mass is 35.5. The first-order valence-corrected chi connectivity index (χ1v) is 12.3. The Labute approximate surface area is 228 Å². The third kappa shape index (κ3) is 5.62. The second-order valence-corrected chi connectivity index (χ2v) is 9.28. The summed E-state index contributed by atoms with van der Waals surface area (Å²) in [6, 6.07) is 14.6. The van der Waals surface area contributed by atoms with Crippen LogP contribution in [0.25, 0.3) is 5.76 Å². The molecule has 1 fully saturated rings. The van der Waals surface area contributed by atoms with Crippen molar-refractivity contribution in [1.82, 2.24) is 4.90 Å². The number of ketones is 1. The molecule has 0 aromatic heterocycles. The number of halogens is 3. The van der Waals surface area contributed by atoms with Gasteiger partial charge < -0.3 is 24.2 Å². The molecule has 0 aliphatic carbocycles. The predicted octanol–water partition coefficient (Wildman–Crippen LogP) is 5.79. The number of carbonyl (C=O) groups is 2. The van der Waals surface area contributed by atoms with Crippen molar-refractivity contribution < 1.29 is 33.3 Å². The van der Waals surface area contributed by atoms with Crippen LogP contribution < -0.4 is 9.47 Å². The molecule has 3 aromatic carbocycles. The van der Waals surface area contributed by atoms with Crippen LogP contribution in [0.3, 0.4) is 0 Å². The monoisotopic (exact) mass is 559 g/mol. The molecule has 10 heteroatoms.